The van der Waals surface area contributed by atoms with Crippen molar-refractivity contribution in [1.82, 2.24) is 4.98 Å². The van der Waals surface area contributed by atoms with E-state index in [1.54, 1.807) is 24.3 Å². The maximum atomic E-state index is 14.5. The number of fused-ring (bicyclic) bond motifs is 1. The Morgan fingerprint density at radius 2 is 2.19 bits per heavy atom. The molecule has 1 heterocycles. The fourth-order valence-corrected chi connectivity index (χ4v) is 2.72. The maximum Gasteiger partial charge on any atom is 0.182 e. The molecule has 0 spiro atoms. The minimum atomic E-state index is -0.593. The summed E-state index contributed by atoms with van der Waals surface area (Å²) < 4.78 is 20.4. The monoisotopic (exact) mass is 370 g/mol. The Bertz CT molecular complexity index is 822. The summed E-state index contributed by atoms with van der Waals surface area (Å²) in [5, 5.41) is 12.7. The molecule has 4 nitrogen and oxygen atoms in total. The van der Waals surface area contributed by atoms with Crippen LogP contribution >= 0.6 is 27.5 Å². The minimum Gasteiger partial charge on any atom is -0.443 e. The molecule has 0 atom stereocenters. The second kappa shape index (κ2) is 5.63. The van der Waals surface area contributed by atoms with Crippen LogP contribution in [0.2, 0.25) is 5.02 Å². The Hall–Kier alpha value is -1.63. The summed E-state index contributed by atoms with van der Waals surface area (Å²) in [4.78, 5) is 3.83. The number of oxazole rings is 1. The van der Waals surface area contributed by atoms with Crippen molar-refractivity contribution in [3.8, 4) is 0 Å². The topological polar surface area (TPSA) is 58.3 Å². The molecule has 0 radical (unpaired) electrons. The van der Waals surface area contributed by atoms with E-state index in [1.807, 2.05) is 0 Å². The molecule has 2 aromatic carbocycles. The Balaban J connectivity index is 2.12. The van der Waals surface area contributed by atoms with Crippen LogP contribution in [0.3, 0.4) is 0 Å². The molecule has 108 valence electrons. The normalized spacial score (nSPS) is 11.0. The minimum absolute atomic E-state index is 0.0999. The quantitative estimate of drug-likeness (QED) is 0.705. The van der Waals surface area contributed by atoms with Crippen molar-refractivity contribution in [3.63, 3.8) is 0 Å². The van der Waals surface area contributed by atoms with Crippen molar-refractivity contribution in [2.75, 3.05) is 5.32 Å². The van der Waals surface area contributed by atoms with E-state index < -0.39 is 5.82 Å². The van der Waals surface area contributed by atoms with Crippen LogP contribution in [0, 0.1) is 5.82 Å². The van der Waals surface area contributed by atoms with Gasteiger partial charge in [0.05, 0.1) is 23.0 Å². The molecule has 0 saturated heterocycles. The van der Waals surface area contributed by atoms with E-state index in [9.17, 15) is 9.50 Å². The summed E-state index contributed by atoms with van der Waals surface area (Å²) in [5.41, 5.74) is 1.39. The molecule has 0 aliphatic heterocycles. The average Bonchev–Trinajstić information content (AvgIpc) is 2.92. The van der Waals surface area contributed by atoms with Crippen molar-refractivity contribution >= 4 is 50.0 Å². The first-order chi connectivity index (χ1) is 10.1. The molecular weight excluding hydrogens is 363 g/mol. The molecule has 2 N–H and O–H groups in total. The molecule has 0 fully saturated rings. The number of rotatable bonds is 3. The third-order valence-corrected chi connectivity index (χ3v) is 3.82. The van der Waals surface area contributed by atoms with Gasteiger partial charge in [0.25, 0.3) is 0 Å². The predicted molar refractivity (Wildman–Crippen MR) is 82.3 cm³/mol. The molecule has 0 saturated carbocycles. The lowest BCUT2D eigenvalue weighted by molar-refractivity contribution is 0.282. The van der Waals surface area contributed by atoms with Crippen LogP contribution in [0.5, 0.6) is 0 Å². The number of benzene rings is 2. The molecule has 3 aromatic rings. The molecule has 0 aliphatic carbocycles. The number of nitrogens with one attached hydrogen (secondary N) is 1. The molecule has 21 heavy (non-hydrogen) atoms. The zero-order chi connectivity index (χ0) is 15.0. The third kappa shape index (κ3) is 2.62. The van der Waals surface area contributed by atoms with Gasteiger partial charge in [-0.05, 0) is 24.3 Å². The maximum absolute atomic E-state index is 14.5. The van der Waals surface area contributed by atoms with Gasteiger partial charge in [0.15, 0.2) is 17.8 Å². The largest absolute Gasteiger partial charge is 0.443 e. The molecule has 0 bridgehead atoms. The van der Waals surface area contributed by atoms with E-state index in [4.69, 9.17) is 16.0 Å². The van der Waals surface area contributed by atoms with Crippen LogP contribution in [0.1, 0.15) is 5.56 Å². The van der Waals surface area contributed by atoms with Crippen molar-refractivity contribution in [3.05, 3.63) is 51.5 Å². The molecule has 7 heteroatoms. The van der Waals surface area contributed by atoms with Crippen LogP contribution in [0.4, 0.5) is 15.8 Å². The van der Waals surface area contributed by atoms with Gasteiger partial charge in [-0.3, -0.25) is 0 Å². The molecule has 0 unspecified atom stereocenters. The van der Waals surface area contributed by atoms with Crippen LogP contribution in [0.25, 0.3) is 11.1 Å². The highest BCUT2D eigenvalue weighted by Gasteiger charge is 2.17. The van der Waals surface area contributed by atoms with E-state index in [0.717, 1.165) is 10.9 Å². The number of hydrogen-bond acceptors (Lipinski definition) is 4. The first-order valence-electron chi connectivity index (χ1n) is 5.97. The standard InChI is InChI=1S/C14H9BrClFN2O2/c15-8-1-2-10(9(16)4-8)19-13-7(5-20)3-11-14(12(13)17)18-6-21-11/h1-4,6,19-20H,5H2. The van der Waals surface area contributed by atoms with E-state index in [-0.39, 0.29) is 23.4 Å². The van der Waals surface area contributed by atoms with E-state index in [0.29, 0.717) is 16.3 Å². The van der Waals surface area contributed by atoms with Gasteiger partial charge < -0.3 is 14.8 Å². The third-order valence-electron chi connectivity index (χ3n) is 3.01. The van der Waals surface area contributed by atoms with Gasteiger partial charge in [0, 0.05) is 10.0 Å². The second-order valence-electron chi connectivity index (χ2n) is 4.33. The van der Waals surface area contributed by atoms with Crippen molar-refractivity contribution in [2.45, 2.75) is 6.61 Å². The van der Waals surface area contributed by atoms with Crippen molar-refractivity contribution < 1.29 is 13.9 Å². The molecule has 3 rings (SSSR count). The van der Waals surface area contributed by atoms with Gasteiger partial charge in [-0.25, -0.2) is 9.37 Å². The summed E-state index contributed by atoms with van der Waals surface area (Å²) in [6.45, 7) is -0.343. The Morgan fingerprint density at radius 1 is 1.38 bits per heavy atom. The van der Waals surface area contributed by atoms with Crippen LogP contribution in [-0.2, 0) is 6.61 Å². The van der Waals surface area contributed by atoms with E-state index in [2.05, 4.69) is 26.2 Å². The zero-order valence-electron chi connectivity index (χ0n) is 10.5. The lowest BCUT2D eigenvalue weighted by atomic mass is 10.1. The summed E-state index contributed by atoms with van der Waals surface area (Å²) in [7, 11) is 0. The summed E-state index contributed by atoms with van der Waals surface area (Å²) in [6, 6.07) is 6.72. The van der Waals surface area contributed by atoms with Gasteiger partial charge in [-0.15, -0.1) is 0 Å². The summed E-state index contributed by atoms with van der Waals surface area (Å²) >= 11 is 9.42. The van der Waals surface area contributed by atoms with Gasteiger partial charge in [0.2, 0.25) is 0 Å². The fourth-order valence-electron chi connectivity index (χ4n) is 2.00. The average molecular weight is 372 g/mol. The summed E-state index contributed by atoms with van der Waals surface area (Å²) in [6.07, 6.45) is 1.16. The SMILES string of the molecule is OCc1cc2ocnc2c(F)c1Nc1ccc(Br)cc1Cl. The lowest BCUT2D eigenvalue weighted by Crippen LogP contribution is -2.01. The molecule has 1 aromatic heterocycles. The first-order valence-corrected chi connectivity index (χ1v) is 7.14. The number of hydrogen-bond donors (Lipinski definition) is 2. The summed E-state index contributed by atoms with van der Waals surface area (Å²) in [5.74, 6) is -0.593. The van der Waals surface area contributed by atoms with Gasteiger partial charge in [-0.1, -0.05) is 27.5 Å². The van der Waals surface area contributed by atoms with Gasteiger partial charge >= 0.3 is 0 Å². The number of anilines is 2. The second-order valence-corrected chi connectivity index (χ2v) is 5.65. The first kappa shape index (κ1) is 14.3. The number of halogens is 3. The number of aromatic nitrogens is 1. The van der Waals surface area contributed by atoms with Gasteiger partial charge in [-0.2, -0.15) is 0 Å². The highest BCUT2D eigenvalue weighted by Crippen LogP contribution is 2.34. The van der Waals surface area contributed by atoms with Crippen LogP contribution in [-0.4, -0.2) is 10.1 Å². The molecular formula is C14H9BrClFN2O2. The van der Waals surface area contributed by atoms with E-state index in [1.165, 1.54) is 0 Å². The van der Waals surface area contributed by atoms with Crippen molar-refractivity contribution in [2.24, 2.45) is 0 Å². The fraction of sp³-hybridized carbons (Fsp3) is 0.0714. The highest BCUT2D eigenvalue weighted by atomic mass is 79.9. The zero-order valence-corrected chi connectivity index (χ0v) is 12.9. The predicted octanol–water partition coefficient (Wildman–Crippen LogP) is 4.62. The molecule has 0 aliphatic rings. The van der Waals surface area contributed by atoms with Crippen molar-refractivity contribution in [1.29, 1.82) is 0 Å². The Kier molecular flexibility index (Phi) is 3.84. The lowest BCUT2D eigenvalue weighted by Gasteiger charge is -2.13. The molecule has 0 amide bonds. The number of aliphatic hydroxyl groups is 1. The van der Waals surface area contributed by atoms with E-state index >= 15 is 0 Å². The number of nitrogens with zero attached hydrogens (tertiary/aromatic N) is 1. The van der Waals surface area contributed by atoms with Crippen LogP contribution in [0.15, 0.2) is 39.5 Å². The van der Waals surface area contributed by atoms with Crippen LogP contribution < -0.4 is 5.32 Å². The number of aliphatic hydroxyl groups excluding tert-OH is 1. The Morgan fingerprint density at radius 3 is 2.90 bits per heavy atom. The van der Waals surface area contributed by atoms with Gasteiger partial charge in [0.1, 0.15) is 5.52 Å². The highest BCUT2D eigenvalue weighted by molar-refractivity contribution is 9.10. The smallest absolute Gasteiger partial charge is 0.182 e. The Labute approximate surface area is 132 Å².